The van der Waals surface area contributed by atoms with Crippen molar-refractivity contribution in [1.29, 1.82) is 0 Å². The van der Waals surface area contributed by atoms with Gasteiger partial charge in [-0.05, 0) is 56.6 Å². The third-order valence-electron chi connectivity index (χ3n) is 6.68. The maximum absolute atomic E-state index is 16.3. The Morgan fingerprint density at radius 1 is 0.974 bits per heavy atom. The van der Waals surface area contributed by atoms with Crippen molar-refractivity contribution in [2.45, 2.75) is 37.9 Å². The van der Waals surface area contributed by atoms with Gasteiger partial charge in [-0.3, -0.25) is 0 Å². The van der Waals surface area contributed by atoms with E-state index in [1.165, 1.54) is 24.4 Å². The van der Waals surface area contributed by atoms with Crippen LogP contribution < -0.4 is 10.6 Å². The topological polar surface area (TPSA) is 75.6 Å². The molecule has 38 heavy (non-hydrogen) atoms. The van der Waals surface area contributed by atoms with Crippen LogP contribution in [0.3, 0.4) is 0 Å². The monoisotopic (exact) mass is 522 g/mol. The predicted octanol–water partition coefficient (Wildman–Crippen LogP) is 6.40. The van der Waals surface area contributed by atoms with Crippen LogP contribution in [0.1, 0.15) is 48.5 Å². The molecule has 1 aliphatic rings. The van der Waals surface area contributed by atoms with Gasteiger partial charge < -0.3 is 10.6 Å². The highest BCUT2D eigenvalue weighted by molar-refractivity contribution is 5.80. The minimum atomic E-state index is -4.56. The molecule has 2 aromatic carbocycles. The second-order valence-electron chi connectivity index (χ2n) is 9.27. The average Bonchev–Trinajstić information content (AvgIpc) is 2.93. The molecule has 0 saturated carbocycles. The molecule has 2 N–H and O–H groups in total. The number of rotatable bonds is 6. The molecule has 0 aliphatic carbocycles. The molecule has 4 aromatic rings. The number of nitrogens with one attached hydrogen (secondary N) is 2. The van der Waals surface area contributed by atoms with E-state index >= 15 is 4.39 Å². The number of alkyl halides is 3. The Morgan fingerprint density at radius 2 is 1.74 bits per heavy atom. The Balaban J connectivity index is 1.60. The van der Waals surface area contributed by atoms with Gasteiger partial charge >= 0.3 is 6.18 Å². The summed E-state index contributed by atoms with van der Waals surface area (Å²) in [7, 11) is 0. The standard InChI is InChI=1S/C28H26F4N6/c1-17(18-6-3-2-4-7-18)35-27-34-15-12-22(36-27)23-24(29)26(19-10-13-33-14-11-19)38-37-25(23)20-8-5-9-21(16-20)28(30,31)32/h2-9,12,15-17,19,33H,10-11,13-14H2,1H3,(H,34,35,36). The number of benzene rings is 2. The zero-order valence-electron chi connectivity index (χ0n) is 20.6. The van der Waals surface area contributed by atoms with Crippen LogP contribution in [-0.2, 0) is 6.18 Å². The lowest BCUT2D eigenvalue weighted by atomic mass is 9.91. The van der Waals surface area contributed by atoms with Gasteiger partial charge in [-0.25, -0.2) is 14.4 Å². The number of aromatic nitrogens is 4. The Kier molecular flexibility index (Phi) is 7.33. The molecule has 1 unspecified atom stereocenters. The fourth-order valence-electron chi connectivity index (χ4n) is 4.65. The van der Waals surface area contributed by atoms with Crippen molar-refractivity contribution in [3.05, 3.63) is 89.5 Å². The Morgan fingerprint density at radius 3 is 2.47 bits per heavy atom. The van der Waals surface area contributed by atoms with Crippen molar-refractivity contribution < 1.29 is 17.6 Å². The number of piperidine rings is 1. The largest absolute Gasteiger partial charge is 0.416 e. The SMILES string of the molecule is CC(Nc1nccc(-c2c(-c3cccc(C(F)(F)F)c3)nnc(C3CCNCC3)c2F)n1)c1ccccc1. The van der Waals surface area contributed by atoms with Crippen molar-refractivity contribution in [3.63, 3.8) is 0 Å². The molecule has 0 radical (unpaired) electrons. The van der Waals surface area contributed by atoms with E-state index in [0.29, 0.717) is 12.8 Å². The van der Waals surface area contributed by atoms with Gasteiger partial charge in [-0.2, -0.15) is 18.3 Å². The van der Waals surface area contributed by atoms with E-state index in [-0.39, 0.29) is 46.1 Å². The molecule has 1 aliphatic heterocycles. The molecule has 0 amide bonds. The normalized spacial score (nSPS) is 15.3. The average molecular weight is 523 g/mol. The first-order chi connectivity index (χ1) is 18.3. The minimum Gasteiger partial charge on any atom is -0.348 e. The van der Waals surface area contributed by atoms with Crippen molar-refractivity contribution in [2.24, 2.45) is 0 Å². The highest BCUT2D eigenvalue weighted by Gasteiger charge is 2.32. The maximum atomic E-state index is 16.3. The number of nitrogens with zero attached hydrogens (tertiary/aromatic N) is 4. The number of hydrogen-bond donors (Lipinski definition) is 2. The van der Waals surface area contributed by atoms with Crippen LogP contribution in [0.25, 0.3) is 22.5 Å². The third-order valence-corrected chi connectivity index (χ3v) is 6.68. The smallest absolute Gasteiger partial charge is 0.348 e. The van der Waals surface area contributed by atoms with Crippen LogP contribution in [0.2, 0.25) is 0 Å². The van der Waals surface area contributed by atoms with E-state index < -0.39 is 17.6 Å². The lowest BCUT2D eigenvalue weighted by Gasteiger charge is -2.23. The predicted molar refractivity (Wildman–Crippen MR) is 137 cm³/mol. The van der Waals surface area contributed by atoms with Crippen LogP contribution in [0, 0.1) is 5.82 Å². The van der Waals surface area contributed by atoms with Crippen LogP contribution in [0.4, 0.5) is 23.5 Å². The zero-order chi connectivity index (χ0) is 26.7. The van der Waals surface area contributed by atoms with Crippen LogP contribution >= 0.6 is 0 Å². The summed E-state index contributed by atoms with van der Waals surface area (Å²) in [6, 6.07) is 15.7. The molecule has 1 atom stereocenters. The first-order valence-corrected chi connectivity index (χ1v) is 12.4. The molecule has 196 valence electrons. The summed E-state index contributed by atoms with van der Waals surface area (Å²) in [5.41, 5.74) is 0.658. The van der Waals surface area contributed by atoms with Crippen LogP contribution in [-0.4, -0.2) is 33.3 Å². The van der Waals surface area contributed by atoms with Gasteiger partial charge in [0.1, 0.15) is 11.4 Å². The number of halogens is 4. The lowest BCUT2D eigenvalue weighted by Crippen LogP contribution is -2.28. The second kappa shape index (κ2) is 10.8. The molecule has 3 heterocycles. The summed E-state index contributed by atoms with van der Waals surface area (Å²) < 4.78 is 56.6. The van der Waals surface area contributed by atoms with Gasteiger partial charge in [0.05, 0.1) is 22.9 Å². The third kappa shape index (κ3) is 5.50. The molecule has 0 spiro atoms. The van der Waals surface area contributed by atoms with E-state index in [1.54, 1.807) is 0 Å². The van der Waals surface area contributed by atoms with E-state index in [2.05, 4.69) is 30.8 Å². The first-order valence-electron chi connectivity index (χ1n) is 12.4. The van der Waals surface area contributed by atoms with E-state index in [0.717, 1.165) is 30.8 Å². The second-order valence-corrected chi connectivity index (χ2v) is 9.27. The fraction of sp³-hybridized carbons (Fsp3) is 0.286. The minimum absolute atomic E-state index is 0.00525. The van der Waals surface area contributed by atoms with Crippen molar-refractivity contribution in [2.75, 3.05) is 18.4 Å². The molecule has 2 aromatic heterocycles. The van der Waals surface area contributed by atoms with Crippen molar-refractivity contribution >= 4 is 5.95 Å². The van der Waals surface area contributed by atoms with E-state index in [9.17, 15) is 13.2 Å². The summed E-state index contributed by atoms with van der Waals surface area (Å²) >= 11 is 0. The van der Waals surface area contributed by atoms with Crippen LogP contribution in [0.5, 0.6) is 0 Å². The van der Waals surface area contributed by atoms with E-state index in [4.69, 9.17) is 0 Å². The summed E-state index contributed by atoms with van der Waals surface area (Å²) in [6.45, 7) is 3.38. The highest BCUT2D eigenvalue weighted by atomic mass is 19.4. The van der Waals surface area contributed by atoms with Gasteiger partial charge in [0, 0.05) is 17.7 Å². The number of anilines is 1. The quantitative estimate of drug-likeness (QED) is 0.286. The van der Waals surface area contributed by atoms with Gasteiger partial charge in [-0.1, -0.05) is 42.5 Å². The number of hydrogen-bond acceptors (Lipinski definition) is 6. The zero-order valence-corrected chi connectivity index (χ0v) is 20.6. The van der Waals surface area contributed by atoms with E-state index in [1.807, 2.05) is 37.3 Å². The first kappa shape index (κ1) is 25.7. The summed E-state index contributed by atoms with van der Waals surface area (Å²) in [5, 5.41) is 14.9. The van der Waals surface area contributed by atoms with Gasteiger partial charge in [0.15, 0.2) is 5.82 Å². The molecule has 6 nitrogen and oxygen atoms in total. The van der Waals surface area contributed by atoms with Gasteiger partial charge in [0.2, 0.25) is 5.95 Å². The molecular formula is C28H26F4N6. The van der Waals surface area contributed by atoms with Crippen molar-refractivity contribution in [3.8, 4) is 22.5 Å². The Labute approximate surface area is 217 Å². The van der Waals surface area contributed by atoms with Crippen molar-refractivity contribution in [1.82, 2.24) is 25.5 Å². The van der Waals surface area contributed by atoms with Crippen LogP contribution in [0.15, 0.2) is 66.9 Å². The summed E-state index contributed by atoms with van der Waals surface area (Å²) in [6.07, 6.45) is -1.71. The molecule has 0 bridgehead atoms. The van der Waals surface area contributed by atoms with Gasteiger partial charge in [0.25, 0.3) is 0 Å². The summed E-state index contributed by atoms with van der Waals surface area (Å²) in [5.74, 6) is -0.524. The maximum Gasteiger partial charge on any atom is 0.416 e. The summed E-state index contributed by atoms with van der Waals surface area (Å²) in [4.78, 5) is 8.83. The Bertz CT molecular complexity index is 1400. The Hall–Kier alpha value is -3.92. The molecule has 1 saturated heterocycles. The fourth-order valence-corrected chi connectivity index (χ4v) is 4.65. The van der Waals surface area contributed by atoms with Gasteiger partial charge in [-0.15, -0.1) is 5.10 Å². The molecular weight excluding hydrogens is 496 g/mol. The molecule has 10 heteroatoms. The highest BCUT2D eigenvalue weighted by Crippen LogP contribution is 2.38. The molecule has 1 fully saturated rings. The molecule has 5 rings (SSSR count). The lowest BCUT2D eigenvalue weighted by molar-refractivity contribution is -0.137.